The second-order valence-corrected chi connectivity index (χ2v) is 9.26. The maximum absolute atomic E-state index is 11.6. The Bertz CT molecular complexity index is 1010. The molecule has 4 rings (SSSR count). The first-order valence-electron chi connectivity index (χ1n) is 7.93. The van der Waals surface area contributed by atoms with Crippen LogP contribution in [0.1, 0.15) is 10.9 Å². The summed E-state index contributed by atoms with van der Waals surface area (Å²) in [6.45, 7) is 0. The molecule has 0 aliphatic carbocycles. The number of aliphatic carboxylic acids is 1. The monoisotopic (exact) mass is 419 g/mol. The van der Waals surface area contributed by atoms with E-state index in [1.54, 1.807) is 12.1 Å². The summed E-state index contributed by atoms with van der Waals surface area (Å²) in [4.78, 5) is 27.3. The van der Waals surface area contributed by atoms with Crippen LogP contribution < -0.4 is 5.32 Å². The van der Waals surface area contributed by atoms with Crippen molar-refractivity contribution < 1.29 is 14.8 Å². The Labute approximate surface area is 166 Å². The summed E-state index contributed by atoms with van der Waals surface area (Å²) in [6.07, 6.45) is 0. The van der Waals surface area contributed by atoms with Crippen LogP contribution in [0.3, 0.4) is 0 Å². The predicted octanol–water partition coefficient (Wildman–Crippen LogP) is 4.14. The second-order valence-electron chi connectivity index (χ2n) is 5.80. The molecule has 7 nitrogen and oxygen atoms in total. The molecular formula is C17H13N3O4S3. The van der Waals surface area contributed by atoms with Crippen molar-refractivity contribution in [2.24, 2.45) is 0 Å². The molecule has 0 radical (unpaired) electrons. The molecule has 0 unspecified atom stereocenters. The number of fused-ring (bicyclic) bond motifs is 1. The molecule has 138 valence electrons. The van der Waals surface area contributed by atoms with Crippen LogP contribution in [0.5, 0.6) is 0 Å². The van der Waals surface area contributed by atoms with Gasteiger partial charge in [0.05, 0.1) is 25.4 Å². The zero-order chi connectivity index (χ0) is 19.0. The van der Waals surface area contributed by atoms with Crippen LogP contribution in [0.2, 0.25) is 0 Å². The molecule has 2 heterocycles. The maximum Gasteiger partial charge on any atom is 0.321 e. The van der Waals surface area contributed by atoms with Crippen molar-refractivity contribution in [3.8, 4) is 0 Å². The molecule has 27 heavy (non-hydrogen) atoms. The minimum atomic E-state index is -0.914. The number of para-hydroxylation sites is 1. The number of benzene rings is 2. The van der Waals surface area contributed by atoms with Crippen molar-refractivity contribution >= 4 is 56.7 Å². The van der Waals surface area contributed by atoms with Gasteiger partial charge < -0.3 is 5.11 Å². The Morgan fingerprint density at radius 1 is 1.33 bits per heavy atom. The molecule has 3 aromatic rings. The first-order valence-corrected chi connectivity index (χ1v) is 10.6. The number of thioether (sulfide) groups is 1. The molecule has 0 bridgehead atoms. The van der Waals surface area contributed by atoms with Gasteiger partial charge in [-0.1, -0.05) is 30.0 Å². The fourth-order valence-electron chi connectivity index (χ4n) is 2.72. The van der Waals surface area contributed by atoms with Gasteiger partial charge >= 0.3 is 5.97 Å². The minimum absolute atomic E-state index is 0.00192. The van der Waals surface area contributed by atoms with Gasteiger partial charge in [0.1, 0.15) is 6.04 Å². The molecule has 1 aliphatic heterocycles. The quantitative estimate of drug-likeness (QED) is 0.469. The summed E-state index contributed by atoms with van der Waals surface area (Å²) in [5.41, 5.74) is 1.57. The molecule has 1 saturated heterocycles. The molecule has 1 fully saturated rings. The van der Waals surface area contributed by atoms with Crippen molar-refractivity contribution in [1.29, 1.82) is 0 Å². The number of thiazole rings is 1. The maximum atomic E-state index is 11.6. The van der Waals surface area contributed by atoms with E-state index in [0.717, 1.165) is 14.6 Å². The van der Waals surface area contributed by atoms with Crippen LogP contribution in [-0.2, 0) is 4.79 Å². The van der Waals surface area contributed by atoms with Gasteiger partial charge in [-0.15, -0.1) is 23.1 Å². The number of hydrogen-bond acceptors (Lipinski definition) is 8. The summed E-state index contributed by atoms with van der Waals surface area (Å²) >= 11 is 4.20. The molecule has 1 aliphatic rings. The van der Waals surface area contributed by atoms with E-state index in [2.05, 4.69) is 10.3 Å². The number of carboxylic acids is 1. The van der Waals surface area contributed by atoms with Gasteiger partial charge in [-0.2, -0.15) is 0 Å². The molecule has 0 spiro atoms. The average Bonchev–Trinajstić information content (AvgIpc) is 3.28. The van der Waals surface area contributed by atoms with E-state index in [-0.39, 0.29) is 11.1 Å². The largest absolute Gasteiger partial charge is 0.480 e. The second kappa shape index (κ2) is 7.47. The Kier molecular flexibility index (Phi) is 5.04. The number of hydrogen-bond donors (Lipinski definition) is 2. The normalized spacial score (nSPS) is 19.4. The molecule has 0 amide bonds. The van der Waals surface area contributed by atoms with E-state index in [0.29, 0.717) is 16.2 Å². The molecule has 1 aromatic heterocycles. The van der Waals surface area contributed by atoms with Crippen LogP contribution in [-0.4, -0.2) is 32.8 Å². The Hall–Kier alpha value is -2.14. The summed E-state index contributed by atoms with van der Waals surface area (Å²) in [7, 11) is 0. The standard InChI is InChI=1S/C17H13N3O4S3/c21-16(22)11-8-25-15(18-11)9-5-6-14(12(7-9)20(23)24)27-17-19-10-3-1-2-4-13(10)26-17/h1-7,11,15,18H,8H2,(H,21,22)/t11-,15+/m1/s1. The van der Waals surface area contributed by atoms with E-state index < -0.39 is 16.9 Å². The van der Waals surface area contributed by atoms with Crippen LogP contribution in [0.15, 0.2) is 51.7 Å². The number of carbonyl (C=O) groups is 1. The highest BCUT2D eigenvalue weighted by atomic mass is 32.2. The highest BCUT2D eigenvalue weighted by molar-refractivity contribution is 8.01. The molecule has 2 N–H and O–H groups in total. The third-order valence-electron chi connectivity index (χ3n) is 4.03. The third kappa shape index (κ3) is 3.79. The fourth-order valence-corrected chi connectivity index (χ4v) is 6.05. The summed E-state index contributed by atoms with van der Waals surface area (Å²) in [6, 6.07) is 12.1. The number of rotatable bonds is 5. The number of nitro groups is 1. The summed E-state index contributed by atoms with van der Waals surface area (Å²) in [5.74, 6) is -0.488. The molecule has 10 heteroatoms. The van der Waals surface area contributed by atoms with Crippen molar-refractivity contribution in [2.45, 2.75) is 20.7 Å². The van der Waals surface area contributed by atoms with Crippen LogP contribution in [0, 0.1) is 10.1 Å². The predicted molar refractivity (Wildman–Crippen MR) is 107 cm³/mol. The van der Waals surface area contributed by atoms with Crippen molar-refractivity contribution in [3.63, 3.8) is 0 Å². The van der Waals surface area contributed by atoms with Gasteiger partial charge in [0.15, 0.2) is 4.34 Å². The van der Waals surface area contributed by atoms with Gasteiger partial charge in [0.2, 0.25) is 0 Å². The fraction of sp³-hybridized carbons (Fsp3) is 0.176. The lowest BCUT2D eigenvalue weighted by molar-refractivity contribution is -0.387. The summed E-state index contributed by atoms with van der Waals surface area (Å²) < 4.78 is 1.77. The van der Waals surface area contributed by atoms with Crippen LogP contribution >= 0.6 is 34.9 Å². The van der Waals surface area contributed by atoms with E-state index in [4.69, 9.17) is 5.11 Å². The molecule has 0 saturated carbocycles. The average molecular weight is 420 g/mol. The van der Waals surface area contributed by atoms with E-state index >= 15 is 0 Å². The smallest absolute Gasteiger partial charge is 0.321 e. The van der Waals surface area contributed by atoms with Crippen molar-refractivity contribution in [1.82, 2.24) is 10.3 Å². The molecule has 2 atom stereocenters. The zero-order valence-electron chi connectivity index (χ0n) is 13.7. The van der Waals surface area contributed by atoms with Gasteiger partial charge in [0, 0.05) is 11.8 Å². The minimum Gasteiger partial charge on any atom is -0.480 e. The van der Waals surface area contributed by atoms with Gasteiger partial charge in [-0.3, -0.25) is 20.2 Å². The molecular weight excluding hydrogens is 406 g/mol. The van der Waals surface area contributed by atoms with Gasteiger partial charge in [-0.25, -0.2) is 4.98 Å². The SMILES string of the molecule is O=C(O)[C@H]1CS[C@@H](c2ccc(Sc3nc4ccccc4s3)c([N+](=O)[O-])c2)N1. The highest BCUT2D eigenvalue weighted by Crippen LogP contribution is 2.41. The van der Waals surface area contributed by atoms with E-state index in [1.165, 1.54) is 40.9 Å². The number of aromatic nitrogens is 1. The van der Waals surface area contributed by atoms with Crippen molar-refractivity contribution in [3.05, 3.63) is 58.1 Å². The Balaban J connectivity index is 1.61. The van der Waals surface area contributed by atoms with E-state index in [9.17, 15) is 14.9 Å². The lowest BCUT2D eigenvalue weighted by atomic mass is 10.2. The van der Waals surface area contributed by atoms with E-state index in [1.807, 2.05) is 24.3 Å². The third-order valence-corrected chi connectivity index (χ3v) is 7.46. The highest BCUT2D eigenvalue weighted by Gasteiger charge is 2.31. The topological polar surface area (TPSA) is 105 Å². The first kappa shape index (κ1) is 18.2. The number of nitrogens with one attached hydrogen (secondary N) is 1. The summed E-state index contributed by atoms with van der Waals surface area (Å²) in [5, 5.41) is 23.4. The zero-order valence-corrected chi connectivity index (χ0v) is 16.1. The number of nitro benzene ring substituents is 1. The van der Waals surface area contributed by atoms with Crippen LogP contribution in [0.4, 0.5) is 5.69 Å². The number of carboxylic acid groups (broad SMARTS) is 1. The van der Waals surface area contributed by atoms with Crippen LogP contribution in [0.25, 0.3) is 10.2 Å². The number of nitrogens with zero attached hydrogens (tertiary/aromatic N) is 2. The first-order chi connectivity index (χ1) is 13.0. The van der Waals surface area contributed by atoms with Crippen molar-refractivity contribution in [2.75, 3.05) is 5.75 Å². The van der Waals surface area contributed by atoms with Gasteiger partial charge in [-0.05, 0) is 23.8 Å². The van der Waals surface area contributed by atoms with Gasteiger partial charge in [0.25, 0.3) is 5.69 Å². The lowest BCUT2D eigenvalue weighted by Crippen LogP contribution is -2.33. The molecule has 2 aromatic carbocycles. The lowest BCUT2D eigenvalue weighted by Gasteiger charge is -2.12. The Morgan fingerprint density at radius 3 is 2.85 bits per heavy atom. The Morgan fingerprint density at radius 2 is 2.15 bits per heavy atom.